The quantitative estimate of drug-likeness (QED) is 0.234. The highest BCUT2D eigenvalue weighted by molar-refractivity contribution is 14.0. The number of nitrogens with zero attached hydrogens (tertiary/aromatic N) is 2. The Morgan fingerprint density at radius 3 is 2.50 bits per heavy atom. The molecule has 132 valence electrons. The number of hydrogen-bond donors (Lipinski definition) is 2. The van der Waals surface area contributed by atoms with Crippen LogP contribution in [0.3, 0.4) is 0 Å². The van der Waals surface area contributed by atoms with Crippen molar-refractivity contribution in [3.05, 3.63) is 0 Å². The van der Waals surface area contributed by atoms with Gasteiger partial charge in [-0.15, -0.1) is 24.0 Å². The average Bonchev–Trinajstić information content (AvgIpc) is 2.45. The third-order valence-corrected chi connectivity index (χ3v) is 4.82. The van der Waals surface area contributed by atoms with Crippen LogP contribution < -0.4 is 10.6 Å². The van der Waals surface area contributed by atoms with Crippen LogP contribution in [0.1, 0.15) is 13.8 Å². The Morgan fingerprint density at radius 2 is 1.91 bits per heavy atom. The molecule has 0 aliphatic carbocycles. The molecule has 0 aromatic heterocycles. The van der Waals surface area contributed by atoms with E-state index in [1.165, 1.54) is 0 Å². The number of rotatable bonds is 8. The summed E-state index contributed by atoms with van der Waals surface area (Å²) in [5, 5.41) is 6.39. The van der Waals surface area contributed by atoms with Gasteiger partial charge in [0.15, 0.2) is 15.8 Å². The minimum atomic E-state index is -2.80. The number of ether oxygens (including phenoxy) is 1. The van der Waals surface area contributed by atoms with Gasteiger partial charge in [0.25, 0.3) is 0 Å². The zero-order valence-electron chi connectivity index (χ0n) is 13.5. The molecule has 0 aromatic carbocycles. The second-order valence-corrected chi connectivity index (χ2v) is 7.18. The van der Waals surface area contributed by atoms with E-state index in [0.29, 0.717) is 32.8 Å². The lowest BCUT2D eigenvalue weighted by Crippen LogP contribution is -2.42. The zero-order chi connectivity index (χ0) is 15.6. The van der Waals surface area contributed by atoms with Gasteiger partial charge in [-0.1, -0.05) is 0 Å². The molecule has 0 saturated carbocycles. The van der Waals surface area contributed by atoms with Crippen LogP contribution >= 0.6 is 24.0 Å². The Hall–Kier alpha value is -0.130. The Balaban J connectivity index is 0.00000441. The van der Waals surface area contributed by atoms with Crippen LogP contribution in [0, 0.1) is 0 Å². The summed E-state index contributed by atoms with van der Waals surface area (Å²) in [7, 11) is -2.80. The molecule has 1 fully saturated rings. The van der Waals surface area contributed by atoms with Crippen LogP contribution in [0.2, 0.25) is 0 Å². The molecule has 0 amide bonds. The Bertz CT molecular complexity index is 404. The van der Waals surface area contributed by atoms with E-state index in [2.05, 4.69) is 20.5 Å². The third kappa shape index (κ3) is 9.80. The van der Waals surface area contributed by atoms with Gasteiger partial charge in [-0.2, -0.15) is 0 Å². The summed E-state index contributed by atoms with van der Waals surface area (Å²) in [4.78, 5) is 6.64. The fourth-order valence-electron chi connectivity index (χ4n) is 2.00. The van der Waals surface area contributed by atoms with Crippen molar-refractivity contribution in [1.29, 1.82) is 0 Å². The van der Waals surface area contributed by atoms with Gasteiger partial charge in [-0.3, -0.25) is 9.89 Å². The van der Waals surface area contributed by atoms with Crippen LogP contribution in [0.5, 0.6) is 0 Å². The highest BCUT2D eigenvalue weighted by Gasteiger charge is 2.20. The summed E-state index contributed by atoms with van der Waals surface area (Å²) in [5.74, 6) is 1.31. The minimum Gasteiger partial charge on any atom is -0.380 e. The standard InChI is InChI=1S/C13H28N4O3S.HI/c1-3-14-13(16-6-10-20-4-2)15-5-7-17-8-11-21(18,19)12-9-17;/h3-12H2,1-2H3,(H2,14,15,16);1H. The first-order valence-corrected chi connectivity index (χ1v) is 9.42. The van der Waals surface area contributed by atoms with Crippen LogP contribution in [0.15, 0.2) is 4.99 Å². The highest BCUT2D eigenvalue weighted by Crippen LogP contribution is 2.02. The van der Waals surface area contributed by atoms with Crippen molar-refractivity contribution >= 4 is 39.8 Å². The molecule has 1 rings (SSSR count). The normalized spacial score (nSPS) is 18.5. The molecule has 1 heterocycles. The Kier molecular flexibility index (Phi) is 12.2. The van der Waals surface area contributed by atoms with E-state index >= 15 is 0 Å². The summed E-state index contributed by atoms with van der Waals surface area (Å²) in [6.07, 6.45) is 0. The molecule has 1 saturated heterocycles. The van der Waals surface area contributed by atoms with E-state index in [0.717, 1.165) is 25.6 Å². The van der Waals surface area contributed by atoms with Gasteiger partial charge in [-0.25, -0.2) is 8.42 Å². The van der Waals surface area contributed by atoms with Crippen LogP contribution in [-0.2, 0) is 14.6 Å². The second kappa shape index (κ2) is 12.3. The second-order valence-electron chi connectivity index (χ2n) is 4.88. The number of sulfone groups is 1. The monoisotopic (exact) mass is 448 g/mol. The first kappa shape index (κ1) is 21.9. The third-order valence-electron chi connectivity index (χ3n) is 3.21. The topological polar surface area (TPSA) is 83.0 Å². The van der Waals surface area contributed by atoms with Crippen molar-refractivity contribution in [3.63, 3.8) is 0 Å². The van der Waals surface area contributed by atoms with Gasteiger partial charge < -0.3 is 15.4 Å². The molecule has 1 aliphatic rings. The van der Waals surface area contributed by atoms with E-state index in [9.17, 15) is 8.42 Å². The Labute approximate surface area is 151 Å². The molecular formula is C13H29IN4O3S. The van der Waals surface area contributed by atoms with Crippen LogP contribution in [0.4, 0.5) is 0 Å². The highest BCUT2D eigenvalue weighted by atomic mass is 127. The first-order chi connectivity index (χ1) is 10.1. The summed E-state index contributed by atoms with van der Waals surface area (Å²) < 4.78 is 28.0. The molecule has 22 heavy (non-hydrogen) atoms. The lowest BCUT2D eigenvalue weighted by atomic mass is 10.4. The molecule has 0 spiro atoms. The number of nitrogens with one attached hydrogen (secondary N) is 2. The maximum Gasteiger partial charge on any atom is 0.191 e. The maximum atomic E-state index is 11.3. The van der Waals surface area contributed by atoms with Gasteiger partial charge in [0, 0.05) is 39.3 Å². The molecule has 0 aromatic rings. The predicted octanol–water partition coefficient (Wildman–Crippen LogP) is -0.0736. The van der Waals surface area contributed by atoms with Gasteiger partial charge in [0.2, 0.25) is 0 Å². The minimum absolute atomic E-state index is 0. The summed E-state index contributed by atoms with van der Waals surface area (Å²) in [5.41, 5.74) is 0. The van der Waals surface area contributed by atoms with Crippen molar-refractivity contribution in [1.82, 2.24) is 15.5 Å². The lowest BCUT2D eigenvalue weighted by Gasteiger charge is -2.25. The molecule has 0 atom stereocenters. The zero-order valence-corrected chi connectivity index (χ0v) is 16.7. The summed E-state index contributed by atoms with van der Waals surface area (Å²) in [6, 6.07) is 0. The Morgan fingerprint density at radius 1 is 1.23 bits per heavy atom. The first-order valence-electron chi connectivity index (χ1n) is 7.60. The average molecular weight is 448 g/mol. The molecule has 9 heteroatoms. The fourth-order valence-corrected chi connectivity index (χ4v) is 3.28. The van der Waals surface area contributed by atoms with E-state index in [-0.39, 0.29) is 35.5 Å². The van der Waals surface area contributed by atoms with Crippen molar-refractivity contribution in [2.75, 3.05) is 64.0 Å². The number of guanidine groups is 1. The molecule has 0 bridgehead atoms. The number of halogens is 1. The van der Waals surface area contributed by atoms with Crippen LogP contribution in [0.25, 0.3) is 0 Å². The van der Waals surface area contributed by atoms with Crippen LogP contribution in [-0.4, -0.2) is 83.3 Å². The molecule has 1 aliphatic heterocycles. The SMILES string of the molecule is CCNC(=NCCN1CCS(=O)(=O)CC1)NCCOCC.I. The summed E-state index contributed by atoms with van der Waals surface area (Å²) in [6.45, 7) is 9.58. The number of aliphatic imine (C=N–C) groups is 1. The van der Waals surface area contributed by atoms with Gasteiger partial charge in [0.1, 0.15) is 0 Å². The van der Waals surface area contributed by atoms with E-state index < -0.39 is 9.84 Å². The fraction of sp³-hybridized carbons (Fsp3) is 0.923. The molecule has 7 nitrogen and oxygen atoms in total. The van der Waals surface area contributed by atoms with Crippen molar-refractivity contribution < 1.29 is 13.2 Å². The van der Waals surface area contributed by atoms with Gasteiger partial charge in [0.05, 0.1) is 24.7 Å². The van der Waals surface area contributed by atoms with E-state index in [4.69, 9.17) is 4.74 Å². The van der Waals surface area contributed by atoms with E-state index in [1.807, 2.05) is 13.8 Å². The molecule has 0 radical (unpaired) electrons. The lowest BCUT2D eigenvalue weighted by molar-refractivity contribution is 0.152. The van der Waals surface area contributed by atoms with Crippen molar-refractivity contribution in [2.45, 2.75) is 13.8 Å². The molecule has 2 N–H and O–H groups in total. The van der Waals surface area contributed by atoms with Gasteiger partial charge in [-0.05, 0) is 13.8 Å². The van der Waals surface area contributed by atoms with E-state index in [1.54, 1.807) is 0 Å². The number of hydrogen-bond acceptors (Lipinski definition) is 5. The molecular weight excluding hydrogens is 419 g/mol. The maximum absolute atomic E-state index is 11.3. The molecule has 0 unspecified atom stereocenters. The van der Waals surface area contributed by atoms with Gasteiger partial charge >= 0.3 is 0 Å². The van der Waals surface area contributed by atoms with Crippen molar-refractivity contribution in [2.24, 2.45) is 4.99 Å². The van der Waals surface area contributed by atoms with Crippen molar-refractivity contribution in [3.8, 4) is 0 Å². The largest absolute Gasteiger partial charge is 0.380 e. The summed E-state index contributed by atoms with van der Waals surface area (Å²) >= 11 is 0. The predicted molar refractivity (Wildman–Crippen MR) is 101 cm³/mol. The smallest absolute Gasteiger partial charge is 0.191 e.